The molecule has 30 heavy (non-hydrogen) atoms. The number of halogens is 3. The zero-order chi connectivity index (χ0) is 23.1. The maximum atomic E-state index is 13.9. The highest BCUT2D eigenvalue weighted by atomic mass is 19.4. The van der Waals surface area contributed by atoms with Gasteiger partial charge in [-0.25, -0.2) is 9.48 Å². The highest BCUT2D eigenvalue weighted by Gasteiger charge is 2.40. The number of hydrogen-bond acceptors (Lipinski definition) is 6. The van der Waals surface area contributed by atoms with Crippen LogP contribution in [0.3, 0.4) is 0 Å². The third-order valence-corrected chi connectivity index (χ3v) is 4.18. The second kappa shape index (κ2) is 7.78. The summed E-state index contributed by atoms with van der Waals surface area (Å²) in [6, 6.07) is 0. The summed E-state index contributed by atoms with van der Waals surface area (Å²) in [7, 11) is 0. The molecule has 166 valence electrons. The van der Waals surface area contributed by atoms with Crippen molar-refractivity contribution in [3.63, 3.8) is 0 Å². The fourth-order valence-corrected chi connectivity index (χ4v) is 2.67. The molecule has 0 aromatic carbocycles. The van der Waals surface area contributed by atoms with Crippen molar-refractivity contribution in [3.05, 3.63) is 29.2 Å². The van der Waals surface area contributed by atoms with E-state index < -0.39 is 41.1 Å². The molecule has 0 spiro atoms. The zero-order valence-electron chi connectivity index (χ0n) is 17.5. The molecule has 2 rings (SSSR count). The Bertz CT molecular complexity index is 946. The first-order valence-electron chi connectivity index (χ1n) is 9.04. The van der Waals surface area contributed by atoms with Crippen LogP contribution in [-0.4, -0.2) is 43.1 Å². The Labute approximate surface area is 171 Å². The molecule has 8 nitrogen and oxygen atoms in total. The predicted molar refractivity (Wildman–Crippen MR) is 103 cm³/mol. The molecule has 0 aliphatic heterocycles. The van der Waals surface area contributed by atoms with Crippen molar-refractivity contribution in [2.75, 3.05) is 11.9 Å². The van der Waals surface area contributed by atoms with Gasteiger partial charge < -0.3 is 20.3 Å². The molecule has 0 atom stereocenters. The summed E-state index contributed by atoms with van der Waals surface area (Å²) in [6.07, 6.45) is -2.92. The van der Waals surface area contributed by atoms with Gasteiger partial charge in [0, 0.05) is 5.56 Å². The lowest BCUT2D eigenvalue weighted by Gasteiger charge is -2.28. The van der Waals surface area contributed by atoms with Crippen molar-refractivity contribution in [1.82, 2.24) is 14.8 Å². The van der Waals surface area contributed by atoms with Crippen LogP contribution in [0.4, 0.5) is 18.9 Å². The van der Waals surface area contributed by atoms with Gasteiger partial charge in [-0.2, -0.15) is 18.3 Å². The summed E-state index contributed by atoms with van der Waals surface area (Å²) in [5.41, 5.74) is -3.57. The predicted octanol–water partition coefficient (Wildman–Crippen LogP) is 4.03. The maximum absolute atomic E-state index is 13.9. The van der Waals surface area contributed by atoms with E-state index in [2.05, 4.69) is 15.4 Å². The third kappa shape index (κ3) is 4.84. The minimum atomic E-state index is -4.82. The van der Waals surface area contributed by atoms with Gasteiger partial charge in [-0.1, -0.05) is 0 Å². The van der Waals surface area contributed by atoms with E-state index in [9.17, 15) is 28.2 Å². The van der Waals surface area contributed by atoms with Gasteiger partial charge in [0.05, 0.1) is 35.8 Å². The van der Waals surface area contributed by atoms with Crippen molar-refractivity contribution in [2.24, 2.45) is 0 Å². The molecule has 2 aromatic rings. The molecular formula is C19H25F3N4O4. The largest absolute Gasteiger partial charge is 0.476 e. The smallest absolute Gasteiger partial charge is 0.422 e. The molecule has 0 saturated carbocycles. The summed E-state index contributed by atoms with van der Waals surface area (Å²) in [5, 5.41) is 25.4. The van der Waals surface area contributed by atoms with Crippen LogP contribution >= 0.6 is 0 Å². The van der Waals surface area contributed by atoms with Crippen LogP contribution < -0.4 is 10.1 Å². The Kier molecular flexibility index (Phi) is 6.09. The average Bonchev–Trinajstić information content (AvgIpc) is 2.91. The molecule has 0 amide bonds. The van der Waals surface area contributed by atoms with Crippen molar-refractivity contribution in [3.8, 4) is 11.6 Å². The Morgan fingerprint density at radius 2 is 1.80 bits per heavy atom. The summed E-state index contributed by atoms with van der Waals surface area (Å²) >= 11 is 0. The normalized spacial score (nSPS) is 12.7. The molecule has 0 fully saturated rings. The molecule has 0 radical (unpaired) electrons. The van der Waals surface area contributed by atoms with Gasteiger partial charge in [-0.05, 0) is 41.5 Å². The molecule has 3 N–H and O–H groups in total. The number of aliphatic hydroxyl groups excluding tert-OH is 1. The first-order valence-corrected chi connectivity index (χ1v) is 9.04. The first-order chi connectivity index (χ1) is 13.6. The quantitative estimate of drug-likeness (QED) is 0.635. The Balaban J connectivity index is 2.69. The molecule has 0 saturated heterocycles. The van der Waals surface area contributed by atoms with Crippen molar-refractivity contribution < 1.29 is 32.9 Å². The van der Waals surface area contributed by atoms with E-state index >= 15 is 0 Å². The number of anilines is 1. The van der Waals surface area contributed by atoms with E-state index in [1.807, 2.05) is 0 Å². The number of nitrogens with zero attached hydrogens (tertiary/aromatic N) is 3. The number of aromatic nitrogens is 3. The third-order valence-electron chi connectivity index (χ3n) is 4.18. The monoisotopic (exact) mass is 430 g/mol. The van der Waals surface area contributed by atoms with Gasteiger partial charge >= 0.3 is 12.1 Å². The van der Waals surface area contributed by atoms with Gasteiger partial charge in [0.2, 0.25) is 5.88 Å². The van der Waals surface area contributed by atoms with Gasteiger partial charge in [-0.15, -0.1) is 0 Å². The van der Waals surface area contributed by atoms with E-state index in [-0.39, 0.29) is 22.8 Å². The number of aromatic carboxylic acids is 1. The number of rotatable bonds is 6. The lowest BCUT2D eigenvalue weighted by atomic mass is 10.1. The topological polar surface area (TPSA) is 110 Å². The fourth-order valence-electron chi connectivity index (χ4n) is 2.67. The van der Waals surface area contributed by atoms with Gasteiger partial charge in [0.15, 0.2) is 11.4 Å². The minimum absolute atomic E-state index is 0.0830. The Morgan fingerprint density at radius 1 is 1.20 bits per heavy atom. The number of ether oxygens (including phenoxy) is 1. The summed E-state index contributed by atoms with van der Waals surface area (Å²) in [6.45, 7) is 9.17. The first kappa shape index (κ1) is 23.5. The summed E-state index contributed by atoms with van der Waals surface area (Å²) in [5.74, 6) is -2.08. The highest BCUT2D eigenvalue weighted by Crippen LogP contribution is 2.44. The van der Waals surface area contributed by atoms with Crippen molar-refractivity contribution >= 4 is 11.7 Å². The summed E-state index contributed by atoms with van der Waals surface area (Å²) < 4.78 is 48.6. The average molecular weight is 430 g/mol. The van der Waals surface area contributed by atoms with Crippen molar-refractivity contribution in [2.45, 2.75) is 58.8 Å². The van der Waals surface area contributed by atoms with Crippen LogP contribution in [0.25, 0.3) is 0 Å². The number of carboxylic acid groups (broad SMARTS) is 1. The van der Waals surface area contributed by atoms with Crippen LogP contribution in [0.15, 0.2) is 12.4 Å². The van der Waals surface area contributed by atoms with Crippen LogP contribution in [0.2, 0.25) is 0 Å². The maximum Gasteiger partial charge on any atom is 0.422 e. The van der Waals surface area contributed by atoms with Gasteiger partial charge in [0.1, 0.15) is 5.56 Å². The van der Waals surface area contributed by atoms with Gasteiger partial charge in [-0.3, -0.25) is 4.98 Å². The number of aliphatic hydroxyl groups is 1. The molecular weight excluding hydrogens is 405 g/mol. The highest BCUT2D eigenvalue weighted by molar-refractivity contribution is 5.87. The van der Waals surface area contributed by atoms with Gasteiger partial charge in [0.25, 0.3) is 0 Å². The SMILES string of the molecule is Cc1c(C(=O)O)nn(C(C)(C)C)c1Oc1cncc(NC(C)(C)CO)c1C(F)(F)F. The number of carboxylic acids is 1. The zero-order valence-corrected chi connectivity index (χ0v) is 17.5. The Morgan fingerprint density at radius 3 is 2.27 bits per heavy atom. The molecule has 0 aliphatic rings. The van der Waals surface area contributed by atoms with Crippen LogP contribution in [0, 0.1) is 6.92 Å². The lowest BCUT2D eigenvalue weighted by molar-refractivity contribution is -0.138. The molecule has 11 heteroatoms. The number of nitrogens with one attached hydrogen (secondary N) is 1. The van der Waals surface area contributed by atoms with E-state index in [4.69, 9.17) is 4.74 Å². The number of carbonyl (C=O) groups is 1. The minimum Gasteiger partial charge on any atom is -0.476 e. The fraction of sp³-hybridized carbons (Fsp3) is 0.526. The summed E-state index contributed by atoms with van der Waals surface area (Å²) in [4.78, 5) is 15.3. The molecule has 0 aliphatic carbocycles. The van der Waals surface area contributed by atoms with Crippen LogP contribution in [-0.2, 0) is 11.7 Å². The Hall–Kier alpha value is -2.82. The second-order valence-electron chi connectivity index (χ2n) is 8.49. The molecule has 0 bridgehead atoms. The molecule has 2 aromatic heterocycles. The molecule has 2 heterocycles. The van der Waals surface area contributed by atoms with E-state index in [1.54, 1.807) is 20.8 Å². The number of alkyl halides is 3. The van der Waals surface area contributed by atoms with Crippen LogP contribution in [0.5, 0.6) is 11.6 Å². The number of pyridine rings is 1. The second-order valence-corrected chi connectivity index (χ2v) is 8.49. The number of hydrogen-bond donors (Lipinski definition) is 3. The van der Waals surface area contributed by atoms with E-state index in [1.165, 1.54) is 25.5 Å². The molecule has 0 unspecified atom stereocenters. The lowest BCUT2D eigenvalue weighted by Crippen LogP contribution is -2.36. The standard InChI is InChI=1S/C19H25F3N4O4/c1-10-14(16(28)29)25-26(17(2,3)4)15(10)30-12-8-23-7-11(13(12)19(20,21)22)24-18(5,6)9-27/h7-8,24,27H,9H2,1-6H3,(H,28,29). The van der Waals surface area contributed by atoms with Crippen LogP contribution in [0.1, 0.15) is 56.2 Å². The van der Waals surface area contributed by atoms with E-state index in [0.29, 0.717) is 0 Å². The van der Waals surface area contributed by atoms with E-state index in [0.717, 1.165) is 12.4 Å². The van der Waals surface area contributed by atoms with Crippen molar-refractivity contribution in [1.29, 1.82) is 0 Å².